The number of fused-ring (bicyclic) bond motifs is 6. The molecule has 8 heteroatoms. The van der Waals surface area contributed by atoms with Gasteiger partial charge < -0.3 is 23.5 Å². The molecule has 0 amide bonds. The van der Waals surface area contributed by atoms with Gasteiger partial charge in [-0.25, -0.2) is 9.18 Å². The highest BCUT2D eigenvalue weighted by Crippen LogP contribution is 2.45. The summed E-state index contributed by atoms with van der Waals surface area (Å²) in [6.07, 6.45) is 1.68. The second kappa shape index (κ2) is 11.7. The Kier molecular flexibility index (Phi) is 7.44. The van der Waals surface area contributed by atoms with Gasteiger partial charge in [0.05, 0.1) is 25.3 Å². The van der Waals surface area contributed by atoms with E-state index in [0.29, 0.717) is 18.7 Å². The maximum absolute atomic E-state index is 13.4. The van der Waals surface area contributed by atoms with E-state index in [9.17, 15) is 9.18 Å². The van der Waals surface area contributed by atoms with Crippen LogP contribution in [0.3, 0.4) is 0 Å². The van der Waals surface area contributed by atoms with Gasteiger partial charge in [-0.2, -0.15) is 0 Å². The standard InChI is InChI=1S/C36H33FN2O5/c1-41-27-12-13-31-29(17-27)30-18-32-28-19-35(43-21-23-6-4-3-5-7-23)34(42-2)16-25(28)14-15-38(32)20-33(30)39(31)22-44-36(40)24-8-10-26(37)11-9-24/h3-13,16-17,19,32H,14-15,18,20-22H2,1-2H3. The molecule has 0 fully saturated rings. The minimum atomic E-state index is -0.494. The Balaban J connectivity index is 1.22. The monoisotopic (exact) mass is 592 g/mol. The van der Waals surface area contributed by atoms with Crippen molar-refractivity contribution in [1.82, 2.24) is 9.47 Å². The van der Waals surface area contributed by atoms with E-state index >= 15 is 0 Å². The van der Waals surface area contributed by atoms with Crippen LogP contribution < -0.4 is 14.2 Å². The number of carbonyl (C=O) groups is 1. The zero-order chi connectivity index (χ0) is 30.2. The molecular formula is C36H33FN2O5. The number of esters is 1. The second-order valence-corrected chi connectivity index (χ2v) is 11.2. The van der Waals surface area contributed by atoms with Crippen LogP contribution in [-0.2, 0) is 37.5 Å². The number of ether oxygens (including phenoxy) is 4. The average Bonchev–Trinajstić information content (AvgIpc) is 3.37. The van der Waals surface area contributed by atoms with Crippen LogP contribution in [-0.4, -0.2) is 36.2 Å². The lowest BCUT2D eigenvalue weighted by atomic mass is 9.85. The zero-order valence-electron chi connectivity index (χ0n) is 24.7. The first kappa shape index (κ1) is 28.0. The molecule has 7 nitrogen and oxygen atoms in total. The molecular weight excluding hydrogens is 559 g/mol. The zero-order valence-corrected chi connectivity index (χ0v) is 24.7. The van der Waals surface area contributed by atoms with E-state index in [0.717, 1.165) is 58.8 Å². The molecule has 0 bridgehead atoms. The lowest BCUT2D eigenvalue weighted by Gasteiger charge is -2.41. The highest BCUT2D eigenvalue weighted by molar-refractivity contribution is 5.90. The van der Waals surface area contributed by atoms with Gasteiger partial charge in [-0.05, 0) is 89.7 Å². The number of nitrogens with zero attached hydrogens (tertiary/aromatic N) is 2. The van der Waals surface area contributed by atoms with E-state index in [2.05, 4.69) is 39.8 Å². The third-order valence-corrected chi connectivity index (χ3v) is 8.78. The normalized spacial score (nSPS) is 15.7. The molecule has 4 aromatic carbocycles. The number of halogens is 1. The molecule has 44 heavy (non-hydrogen) atoms. The molecule has 2 aliphatic rings. The summed E-state index contributed by atoms with van der Waals surface area (Å²) in [5, 5.41) is 1.08. The molecule has 0 saturated carbocycles. The van der Waals surface area contributed by atoms with Crippen molar-refractivity contribution in [2.24, 2.45) is 0 Å². The molecule has 2 aliphatic heterocycles. The fourth-order valence-electron chi connectivity index (χ4n) is 6.51. The summed E-state index contributed by atoms with van der Waals surface area (Å²) in [4.78, 5) is 15.3. The van der Waals surface area contributed by atoms with Crippen LogP contribution in [0.1, 0.15) is 44.3 Å². The molecule has 5 aromatic rings. The van der Waals surface area contributed by atoms with Gasteiger partial charge in [0.15, 0.2) is 18.2 Å². The lowest BCUT2D eigenvalue weighted by Crippen LogP contribution is -2.40. The molecule has 1 unspecified atom stereocenters. The third kappa shape index (κ3) is 5.15. The Morgan fingerprint density at radius 1 is 0.932 bits per heavy atom. The largest absolute Gasteiger partial charge is 0.497 e. The molecule has 224 valence electrons. The van der Waals surface area contributed by atoms with Crippen molar-refractivity contribution in [2.75, 3.05) is 20.8 Å². The first-order valence-electron chi connectivity index (χ1n) is 14.7. The highest BCUT2D eigenvalue weighted by Gasteiger charge is 2.36. The molecule has 1 aromatic heterocycles. The average molecular weight is 593 g/mol. The number of aromatic nitrogens is 1. The van der Waals surface area contributed by atoms with E-state index < -0.39 is 11.8 Å². The van der Waals surface area contributed by atoms with Crippen LogP contribution in [0, 0.1) is 5.82 Å². The van der Waals surface area contributed by atoms with Crippen LogP contribution in [0.5, 0.6) is 17.2 Å². The summed E-state index contributed by atoms with van der Waals surface area (Å²) in [6, 6.07) is 26.0. The topological polar surface area (TPSA) is 62.2 Å². The predicted molar refractivity (Wildman–Crippen MR) is 165 cm³/mol. The smallest absolute Gasteiger partial charge is 0.339 e. The van der Waals surface area contributed by atoms with Crippen LogP contribution in [0.4, 0.5) is 4.39 Å². The van der Waals surface area contributed by atoms with Gasteiger partial charge in [-0.3, -0.25) is 4.90 Å². The summed E-state index contributed by atoms with van der Waals surface area (Å²) in [6.45, 7) is 2.11. The summed E-state index contributed by atoms with van der Waals surface area (Å²) < 4.78 is 38.9. The highest BCUT2D eigenvalue weighted by atomic mass is 19.1. The van der Waals surface area contributed by atoms with Crippen LogP contribution in [0.15, 0.2) is 84.9 Å². The van der Waals surface area contributed by atoms with Gasteiger partial charge >= 0.3 is 5.97 Å². The van der Waals surface area contributed by atoms with Crippen molar-refractivity contribution in [3.8, 4) is 17.2 Å². The van der Waals surface area contributed by atoms with Crippen LogP contribution in [0.25, 0.3) is 10.9 Å². The molecule has 3 heterocycles. The van der Waals surface area contributed by atoms with Gasteiger partial charge in [0.1, 0.15) is 18.2 Å². The van der Waals surface area contributed by atoms with Gasteiger partial charge in [0.2, 0.25) is 0 Å². The Morgan fingerprint density at radius 3 is 2.52 bits per heavy atom. The SMILES string of the molecule is COc1ccc2c(c1)c1c(n2COC(=O)c2ccc(F)cc2)CN2CCc3cc(OC)c(OCc4ccccc4)cc3C2C1. The van der Waals surface area contributed by atoms with E-state index in [1.54, 1.807) is 14.2 Å². The molecule has 0 spiro atoms. The minimum Gasteiger partial charge on any atom is -0.497 e. The minimum absolute atomic E-state index is 0.0537. The number of hydrogen-bond donors (Lipinski definition) is 0. The van der Waals surface area contributed by atoms with Crippen molar-refractivity contribution >= 4 is 16.9 Å². The molecule has 7 rings (SSSR count). The molecule has 0 aliphatic carbocycles. The molecule has 0 N–H and O–H groups in total. The predicted octanol–water partition coefficient (Wildman–Crippen LogP) is 6.85. The Labute approximate surface area is 255 Å². The summed E-state index contributed by atoms with van der Waals surface area (Å²) in [7, 11) is 3.35. The van der Waals surface area contributed by atoms with Crippen LogP contribution >= 0.6 is 0 Å². The first-order valence-corrected chi connectivity index (χ1v) is 14.7. The summed E-state index contributed by atoms with van der Waals surface area (Å²) in [5.74, 6) is 1.36. The Bertz CT molecular complexity index is 1830. The number of hydrogen-bond acceptors (Lipinski definition) is 6. The van der Waals surface area contributed by atoms with E-state index in [4.69, 9.17) is 18.9 Å². The molecule has 0 radical (unpaired) electrons. The van der Waals surface area contributed by atoms with Crippen molar-refractivity contribution in [3.63, 3.8) is 0 Å². The van der Waals surface area contributed by atoms with Gasteiger partial charge in [0, 0.05) is 30.2 Å². The fraction of sp³-hybridized carbons (Fsp3) is 0.250. The number of carbonyl (C=O) groups excluding carboxylic acids is 1. The van der Waals surface area contributed by atoms with Gasteiger partial charge in [-0.15, -0.1) is 0 Å². The van der Waals surface area contributed by atoms with Crippen molar-refractivity contribution in [1.29, 1.82) is 0 Å². The van der Waals surface area contributed by atoms with E-state index in [1.807, 2.05) is 30.3 Å². The summed E-state index contributed by atoms with van der Waals surface area (Å²) >= 11 is 0. The lowest BCUT2D eigenvalue weighted by molar-refractivity contribution is 0.0366. The van der Waals surface area contributed by atoms with Gasteiger partial charge in [-0.1, -0.05) is 30.3 Å². The molecule has 0 saturated heterocycles. The van der Waals surface area contributed by atoms with Crippen molar-refractivity contribution < 1.29 is 28.1 Å². The van der Waals surface area contributed by atoms with Gasteiger partial charge in [0.25, 0.3) is 0 Å². The number of methoxy groups -OCH3 is 2. The number of rotatable bonds is 8. The Morgan fingerprint density at radius 2 is 1.75 bits per heavy atom. The Hall–Kier alpha value is -4.82. The molecule has 1 atom stereocenters. The van der Waals surface area contributed by atoms with E-state index in [1.165, 1.54) is 41.0 Å². The van der Waals surface area contributed by atoms with Crippen molar-refractivity contribution in [3.05, 3.63) is 124 Å². The van der Waals surface area contributed by atoms with E-state index in [-0.39, 0.29) is 12.8 Å². The maximum Gasteiger partial charge on any atom is 0.339 e. The third-order valence-electron chi connectivity index (χ3n) is 8.78. The fourth-order valence-corrected chi connectivity index (χ4v) is 6.51. The quantitative estimate of drug-likeness (QED) is 0.184. The summed E-state index contributed by atoms with van der Waals surface area (Å²) in [5.41, 5.74) is 7.24. The first-order chi connectivity index (χ1) is 21.5. The second-order valence-electron chi connectivity index (χ2n) is 11.2. The number of benzene rings is 4. The van der Waals surface area contributed by atoms with Crippen LogP contribution in [0.2, 0.25) is 0 Å². The maximum atomic E-state index is 13.4. The van der Waals surface area contributed by atoms with Crippen molar-refractivity contribution in [2.45, 2.75) is 38.8 Å².